The van der Waals surface area contributed by atoms with Crippen molar-refractivity contribution in [3.8, 4) is 5.13 Å². The van der Waals surface area contributed by atoms with Gasteiger partial charge in [0.05, 0.1) is 0 Å². The van der Waals surface area contributed by atoms with Crippen LogP contribution in [0.4, 0.5) is 0 Å². The predicted octanol–water partition coefficient (Wildman–Crippen LogP) is 1.97. The zero-order valence-corrected chi connectivity index (χ0v) is 10.00. The van der Waals surface area contributed by atoms with Crippen molar-refractivity contribution in [1.29, 1.82) is 0 Å². The Morgan fingerprint density at radius 1 is 1.56 bits per heavy atom. The Kier molecular flexibility index (Phi) is 2.29. The van der Waals surface area contributed by atoms with Crippen LogP contribution in [-0.4, -0.2) is 13.9 Å². The second-order valence-electron chi connectivity index (χ2n) is 4.21. The fourth-order valence-corrected chi connectivity index (χ4v) is 2.98. The van der Waals surface area contributed by atoms with Crippen molar-refractivity contribution >= 4 is 11.5 Å². The molecule has 0 fully saturated rings. The van der Waals surface area contributed by atoms with Crippen LogP contribution in [0.25, 0.3) is 5.13 Å². The molecule has 1 aliphatic carbocycles. The van der Waals surface area contributed by atoms with Gasteiger partial charge >= 0.3 is 0 Å². The average Bonchev–Trinajstić information content (AvgIpc) is 2.84. The van der Waals surface area contributed by atoms with Crippen LogP contribution in [0.5, 0.6) is 0 Å². The van der Waals surface area contributed by atoms with Crippen LogP contribution in [0.3, 0.4) is 0 Å². The summed E-state index contributed by atoms with van der Waals surface area (Å²) in [6.45, 7) is 1.92. The summed E-state index contributed by atoms with van der Waals surface area (Å²) < 4.78 is 6.36. The molecule has 2 N–H and O–H groups in total. The van der Waals surface area contributed by atoms with Gasteiger partial charge in [0.25, 0.3) is 0 Å². The molecule has 0 radical (unpaired) electrons. The molecule has 1 unspecified atom stereocenters. The van der Waals surface area contributed by atoms with E-state index in [1.807, 2.05) is 6.92 Å². The third-order valence-corrected chi connectivity index (χ3v) is 3.89. The maximum absolute atomic E-state index is 6.10. The Balaban J connectivity index is 2.09. The van der Waals surface area contributed by atoms with Crippen LogP contribution in [-0.2, 0) is 6.42 Å². The number of hydrogen-bond donors (Lipinski definition) is 1. The highest BCUT2D eigenvalue weighted by Crippen LogP contribution is 2.30. The van der Waals surface area contributed by atoms with E-state index in [1.54, 1.807) is 0 Å². The monoisotopic (exact) mass is 234 g/mol. The van der Waals surface area contributed by atoms with Crippen LogP contribution >= 0.6 is 11.5 Å². The Bertz CT molecular complexity index is 514. The lowest BCUT2D eigenvalue weighted by atomic mass is 9.94. The zero-order valence-electron chi connectivity index (χ0n) is 9.18. The van der Waals surface area contributed by atoms with Crippen molar-refractivity contribution in [1.82, 2.24) is 13.9 Å². The van der Waals surface area contributed by atoms with Crippen molar-refractivity contribution in [2.45, 2.75) is 32.2 Å². The van der Waals surface area contributed by atoms with Gasteiger partial charge in [-0.1, -0.05) is 0 Å². The Morgan fingerprint density at radius 2 is 2.44 bits per heavy atom. The zero-order chi connectivity index (χ0) is 11.1. The first kappa shape index (κ1) is 9.99. The smallest absolute Gasteiger partial charge is 0.213 e. The molecule has 16 heavy (non-hydrogen) atoms. The summed E-state index contributed by atoms with van der Waals surface area (Å²) in [5.74, 6) is 0.836. The van der Waals surface area contributed by atoms with Gasteiger partial charge in [0.15, 0.2) is 0 Å². The minimum Gasteiger partial charge on any atom is -0.324 e. The highest BCUT2D eigenvalue weighted by Gasteiger charge is 2.21. The van der Waals surface area contributed by atoms with Crippen molar-refractivity contribution in [3.63, 3.8) is 0 Å². The maximum Gasteiger partial charge on any atom is 0.213 e. The minimum absolute atomic E-state index is 0.194. The lowest BCUT2D eigenvalue weighted by Crippen LogP contribution is -2.17. The van der Waals surface area contributed by atoms with Crippen molar-refractivity contribution in [3.05, 3.63) is 29.3 Å². The van der Waals surface area contributed by atoms with Gasteiger partial charge in [-0.25, -0.2) is 4.98 Å². The first-order chi connectivity index (χ1) is 7.75. The second-order valence-corrected chi connectivity index (χ2v) is 4.94. The van der Waals surface area contributed by atoms with Gasteiger partial charge in [0.2, 0.25) is 5.13 Å². The van der Waals surface area contributed by atoms with Gasteiger partial charge in [-0.3, -0.25) is 4.57 Å². The molecular weight excluding hydrogens is 220 g/mol. The lowest BCUT2D eigenvalue weighted by molar-refractivity contribution is 0.560. The van der Waals surface area contributed by atoms with Crippen LogP contribution < -0.4 is 5.73 Å². The van der Waals surface area contributed by atoms with E-state index in [9.17, 15) is 0 Å². The van der Waals surface area contributed by atoms with Crippen LogP contribution in [0, 0.1) is 6.92 Å². The molecule has 2 aromatic heterocycles. The lowest BCUT2D eigenvalue weighted by Gasteiger charge is -2.19. The van der Waals surface area contributed by atoms with E-state index < -0.39 is 0 Å². The summed E-state index contributed by atoms with van der Waals surface area (Å²) >= 11 is 1.44. The summed E-state index contributed by atoms with van der Waals surface area (Å²) in [4.78, 5) is 4.42. The molecule has 0 spiro atoms. The number of aromatic nitrogens is 3. The summed E-state index contributed by atoms with van der Waals surface area (Å²) in [7, 11) is 0. The van der Waals surface area contributed by atoms with Crippen LogP contribution in [0.2, 0.25) is 0 Å². The second kappa shape index (κ2) is 3.68. The van der Waals surface area contributed by atoms with Crippen molar-refractivity contribution in [2.24, 2.45) is 5.73 Å². The van der Waals surface area contributed by atoms with E-state index in [0.29, 0.717) is 0 Å². The topological polar surface area (TPSA) is 56.7 Å². The predicted molar refractivity (Wildman–Crippen MR) is 63.8 cm³/mol. The largest absolute Gasteiger partial charge is 0.324 e. The van der Waals surface area contributed by atoms with E-state index >= 15 is 0 Å². The quantitative estimate of drug-likeness (QED) is 0.820. The maximum atomic E-state index is 6.10. The number of rotatable bonds is 1. The van der Waals surface area contributed by atoms with Crippen molar-refractivity contribution in [2.75, 3.05) is 0 Å². The van der Waals surface area contributed by atoms with Gasteiger partial charge in [0.1, 0.15) is 5.82 Å². The van der Waals surface area contributed by atoms with Crippen molar-refractivity contribution < 1.29 is 0 Å². The van der Waals surface area contributed by atoms with E-state index in [1.165, 1.54) is 22.8 Å². The molecule has 1 atom stereocenters. The molecule has 2 aromatic rings. The molecule has 3 rings (SSSR count). The molecule has 0 bridgehead atoms. The minimum atomic E-state index is 0.194. The van der Waals surface area contributed by atoms with Gasteiger partial charge in [0, 0.05) is 29.5 Å². The molecule has 0 aromatic carbocycles. The molecule has 5 heteroatoms. The number of aryl methyl sites for hydroxylation is 1. The van der Waals surface area contributed by atoms with E-state index in [2.05, 4.69) is 26.2 Å². The molecule has 0 saturated carbocycles. The highest BCUT2D eigenvalue weighted by molar-refractivity contribution is 7.08. The normalized spacial score (nSPS) is 19.8. The van der Waals surface area contributed by atoms with Crippen LogP contribution in [0.1, 0.15) is 36.0 Å². The molecule has 0 saturated heterocycles. The van der Waals surface area contributed by atoms with Gasteiger partial charge in [-0.2, -0.15) is 4.37 Å². The number of fused-ring (bicyclic) bond motifs is 1. The molecule has 1 aliphatic rings. The molecule has 84 valence electrons. The van der Waals surface area contributed by atoms with Gasteiger partial charge < -0.3 is 5.73 Å². The molecule has 0 aliphatic heterocycles. The Morgan fingerprint density at radius 3 is 3.19 bits per heavy atom. The fraction of sp³-hybridized carbons (Fsp3) is 0.455. The summed E-state index contributed by atoms with van der Waals surface area (Å²) in [5, 5.41) is 0.952. The number of nitrogens with two attached hydrogens (primary N) is 1. The number of hydrogen-bond acceptors (Lipinski definition) is 4. The van der Waals surface area contributed by atoms with Gasteiger partial charge in [-0.15, -0.1) is 0 Å². The van der Waals surface area contributed by atoms with Gasteiger partial charge in [-0.05, 0) is 37.8 Å². The standard InChI is InChI=1S/C11H14N4S/c1-7-13-11(16-14-7)15-6-5-8-9(12)3-2-4-10(8)15/h5-6,9H,2-4,12H2,1H3. The Labute approximate surface area is 98.3 Å². The first-order valence-electron chi connectivity index (χ1n) is 5.52. The molecule has 2 heterocycles. The van der Waals surface area contributed by atoms with E-state index in [-0.39, 0.29) is 6.04 Å². The molecule has 4 nitrogen and oxygen atoms in total. The first-order valence-corrected chi connectivity index (χ1v) is 6.29. The fourth-order valence-electron chi connectivity index (χ4n) is 2.29. The molecule has 0 amide bonds. The van der Waals surface area contributed by atoms with E-state index in [0.717, 1.165) is 30.2 Å². The number of nitrogens with zero attached hydrogens (tertiary/aromatic N) is 3. The third kappa shape index (κ3) is 1.47. The Hall–Kier alpha value is -1.20. The summed E-state index contributed by atoms with van der Waals surface area (Å²) in [5.41, 5.74) is 8.69. The molecular formula is C11H14N4S. The SMILES string of the molecule is Cc1nsc(-n2ccc3c2CCCC3N)n1. The summed E-state index contributed by atoms with van der Waals surface area (Å²) in [6.07, 6.45) is 5.41. The average molecular weight is 234 g/mol. The third-order valence-electron chi connectivity index (χ3n) is 3.08. The highest BCUT2D eigenvalue weighted by atomic mass is 32.1. The summed E-state index contributed by atoms with van der Waals surface area (Å²) in [6, 6.07) is 2.31. The van der Waals surface area contributed by atoms with E-state index in [4.69, 9.17) is 5.73 Å². The van der Waals surface area contributed by atoms with Crippen LogP contribution in [0.15, 0.2) is 12.3 Å².